The van der Waals surface area contributed by atoms with Crippen LogP contribution in [0.3, 0.4) is 0 Å². The molecule has 5 nitrogen and oxygen atoms in total. The first kappa shape index (κ1) is 17.7. The summed E-state index contributed by atoms with van der Waals surface area (Å²) in [6.45, 7) is 5.84. The molecule has 2 N–H and O–H groups in total. The molecule has 1 atom stereocenters. The first-order valence-corrected chi connectivity index (χ1v) is 8.51. The molecule has 0 saturated heterocycles. The molecule has 0 heterocycles. The summed E-state index contributed by atoms with van der Waals surface area (Å²) in [5.74, 6) is -1.24. The zero-order chi connectivity index (χ0) is 16.1. The topological polar surface area (TPSA) is 83.5 Å². The van der Waals surface area contributed by atoms with Gasteiger partial charge in [-0.25, -0.2) is 13.1 Å². The smallest absolute Gasteiger partial charge is 0.322 e. The number of sulfonamides is 1. The summed E-state index contributed by atoms with van der Waals surface area (Å²) >= 11 is 0. The van der Waals surface area contributed by atoms with Crippen LogP contribution >= 0.6 is 0 Å². The Hall–Kier alpha value is -1.40. The number of carboxylic acid groups (broad SMARTS) is 1. The fourth-order valence-electron chi connectivity index (χ4n) is 1.75. The highest BCUT2D eigenvalue weighted by Crippen LogP contribution is 2.19. The molecule has 0 fully saturated rings. The minimum absolute atomic E-state index is 0.0743. The van der Waals surface area contributed by atoms with E-state index in [2.05, 4.69) is 4.72 Å². The molecular weight excluding hydrogens is 290 g/mol. The van der Waals surface area contributed by atoms with Crippen molar-refractivity contribution in [2.45, 2.75) is 39.7 Å². The maximum atomic E-state index is 12.0. The molecule has 21 heavy (non-hydrogen) atoms. The Labute approximate surface area is 126 Å². The average molecular weight is 313 g/mol. The summed E-state index contributed by atoms with van der Waals surface area (Å²) in [6.07, 6.45) is 0.602. The SMILES string of the molecule is CC(C)(C)CCS(=O)(=O)N[C@@H](Cc1ccccc1)C(=O)O. The van der Waals surface area contributed by atoms with Crippen molar-refractivity contribution in [2.24, 2.45) is 5.41 Å². The highest BCUT2D eigenvalue weighted by atomic mass is 32.2. The lowest BCUT2D eigenvalue weighted by molar-refractivity contribution is -0.138. The molecule has 1 aromatic carbocycles. The Morgan fingerprint density at radius 1 is 1.24 bits per heavy atom. The van der Waals surface area contributed by atoms with Crippen LogP contribution in [0.25, 0.3) is 0 Å². The Bertz CT molecular complexity index is 561. The molecular formula is C15H23NO4S. The molecule has 0 amide bonds. The zero-order valence-corrected chi connectivity index (χ0v) is 13.5. The van der Waals surface area contributed by atoms with E-state index in [1.54, 1.807) is 24.3 Å². The lowest BCUT2D eigenvalue weighted by atomic mass is 9.94. The van der Waals surface area contributed by atoms with Crippen molar-refractivity contribution in [3.8, 4) is 0 Å². The van der Waals surface area contributed by atoms with E-state index in [1.807, 2.05) is 26.8 Å². The van der Waals surface area contributed by atoms with E-state index in [-0.39, 0.29) is 17.6 Å². The molecule has 1 rings (SSSR count). The predicted molar refractivity (Wildman–Crippen MR) is 82.6 cm³/mol. The van der Waals surface area contributed by atoms with Gasteiger partial charge >= 0.3 is 5.97 Å². The van der Waals surface area contributed by atoms with Crippen LogP contribution in [0.1, 0.15) is 32.8 Å². The van der Waals surface area contributed by atoms with Crippen molar-refractivity contribution in [2.75, 3.05) is 5.75 Å². The normalized spacial score (nSPS) is 13.9. The Morgan fingerprint density at radius 2 is 1.81 bits per heavy atom. The van der Waals surface area contributed by atoms with Crippen LogP contribution in [-0.2, 0) is 21.2 Å². The molecule has 0 aliphatic heterocycles. The fraction of sp³-hybridized carbons (Fsp3) is 0.533. The quantitative estimate of drug-likeness (QED) is 0.807. The van der Waals surface area contributed by atoms with Crippen LogP contribution in [0, 0.1) is 5.41 Å². The molecule has 0 spiro atoms. The summed E-state index contributed by atoms with van der Waals surface area (Å²) in [5, 5.41) is 9.20. The van der Waals surface area contributed by atoms with Crippen LogP contribution in [0.4, 0.5) is 0 Å². The number of nitrogens with one attached hydrogen (secondary N) is 1. The number of benzene rings is 1. The monoisotopic (exact) mass is 313 g/mol. The minimum Gasteiger partial charge on any atom is -0.480 e. The van der Waals surface area contributed by atoms with Crippen molar-refractivity contribution in [1.29, 1.82) is 0 Å². The van der Waals surface area contributed by atoms with E-state index < -0.39 is 22.0 Å². The van der Waals surface area contributed by atoms with E-state index in [9.17, 15) is 18.3 Å². The molecule has 0 saturated carbocycles. The molecule has 118 valence electrons. The van der Waals surface area contributed by atoms with Crippen LogP contribution < -0.4 is 4.72 Å². The Kier molecular flexibility index (Phi) is 5.92. The zero-order valence-electron chi connectivity index (χ0n) is 12.7. The summed E-state index contributed by atoms with van der Waals surface area (Å²) in [6, 6.07) is 7.83. The van der Waals surface area contributed by atoms with E-state index in [4.69, 9.17) is 0 Å². The second kappa shape index (κ2) is 7.04. The molecule has 0 aliphatic rings. The van der Waals surface area contributed by atoms with Gasteiger partial charge in [-0.15, -0.1) is 0 Å². The van der Waals surface area contributed by atoms with Crippen LogP contribution in [0.15, 0.2) is 30.3 Å². The maximum absolute atomic E-state index is 12.0. The highest BCUT2D eigenvalue weighted by Gasteiger charge is 2.25. The minimum atomic E-state index is -3.61. The summed E-state index contributed by atoms with van der Waals surface area (Å²) in [7, 11) is -3.61. The van der Waals surface area contributed by atoms with Crippen LogP contribution in [0.2, 0.25) is 0 Å². The Balaban J connectivity index is 2.72. The molecule has 0 bridgehead atoms. The van der Waals surface area contributed by atoms with Crippen molar-refractivity contribution in [3.05, 3.63) is 35.9 Å². The van der Waals surface area contributed by atoms with E-state index >= 15 is 0 Å². The van der Waals surface area contributed by atoms with Gasteiger partial charge in [0.15, 0.2) is 0 Å². The Morgan fingerprint density at radius 3 is 2.29 bits per heavy atom. The second-order valence-corrected chi connectivity index (χ2v) is 8.20. The molecule has 0 aromatic heterocycles. The number of carboxylic acids is 1. The largest absolute Gasteiger partial charge is 0.480 e. The molecule has 0 aliphatic carbocycles. The number of carbonyl (C=O) groups is 1. The lowest BCUT2D eigenvalue weighted by Crippen LogP contribution is -2.43. The standard InChI is InChI=1S/C15H23NO4S/c1-15(2,3)9-10-21(19,20)16-13(14(17)18)11-12-7-5-4-6-8-12/h4-8,13,16H,9-11H2,1-3H3,(H,17,18)/t13-/m0/s1. The molecule has 1 aromatic rings. The molecule has 6 heteroatoms. The number of rotatable bonds is 7. The third-order valence-corrected chi connectivity index (χ3v) is 4.41. The van der Waals surface area contributed by atoms with Gasteiger partial charge in [0.2, 0.25) is 10.0 Å². The van der Waals surface area contributed by atoms with Gasteiger partial charge in [-0.05, 0) is 23.8 Å². The van der Waals surface area contributed by atoms with Gasteiger partial charge in [0, 0.05) is 0 Å². The predicted octanol–water partition coefficient (Wildman–Crippen LogP) is 2.04. The number of hydrogen-bond donors (Lipinski definition) is 2. The third-order valence-electron chi connectivity index (χ3n) is 3.02. The van der Waals surface area contributed by atoms with Gasteiger partial charge in [-0.1, -0.05) is 51.1 Å². The van der Waals surface area contributed by atoms with Gasteiger partial charge < -0.3 is 5.11 Å². The number of hydrogen-bond acceptors (Lipinski definition) is 3. The van der Waals surface area contributed by atoms with E-state index in [1.165, 1.54) is 0 Å². The molecule has 0 unspecified atom stereocenters. The van der Waals surface area contributed by atoms with Gasteiger partial charge in [0.1, 0.15) is 6.04 Å². The van der Waals surface area contributed by atoms with Gasteiger partial charge in [0.25, 0.3) is 0 Å². The van der Waals surface area contributed by atoms with Gasteiger partial charge in [-0.2, -0.15) is 0 Å². The number of aliphatic carboxylic acids is 1. The summed E-state index contributed by atoms with van der Waals surface area (Å²) in [5.41, 5.74) is 0.663. The first-order chi connectivity index (χ1) is 9.59. The van der Waals surface area contributed by atoms with Gasteiger partial charge in [-0.3, -0.25) is 4.79 Å². The van der Waals surface area contributed by atoms with Crippen molar-refractivity contribution >= 4 is 16.0 Å². The van der Waals surface area contributed by atoms with Crippen molar-refractivity contribution < 1.29 is 18.3 Å². The van der Waals surface area contributed by atoms with Crippen molar-refractivity contribution in [3.63, 3.8) is 0 Å². The fourth-order valence-corrected chi connectivity index (χ4v) is 3.36. The van der Waals surface area contributed by atoms with E-state index in [0.717, 1.165) is 5.56 Å². The lowest BCUT2D eigenvalue weighted by Gasteiger charge is -2.19. The van der Waals surface area contributed by atoms with Crippen LogP contribution in [0.5, 0.6) is 0 Å². The molecule has 0 radical (unpaired) electrons. The van der Waals surface area contributed by atoms with Crippen molar-refractivity contribution in [1.82, 2.24) is 4.72 Å². The van der Waals surface area contributed by atoms with Crippen LogP contribution in [-0.4, -0.2) is 31.3 Å². The third kappa shape index (κ3) is 7.24. The second-order valence-electron chi connectivity index (χ2n) is 6.33. The average Bonchev–Trinajstić information content (AvgIpc) is 2.36. The van der Waals surface area contributed by atoms with Gasteiger partial charge in [0.05, 0.1) is 5.75 Å². The van der Waals surface area contributed by atoms with E-state index in [0.29, 0.717) is 6.42 Å². The first-order valence-electron chi connectivity index (χ1n) is 6.86. The maximum Gasteiger partial charge on any atom is 0.322 e. The summed E-state index contributed by atoms with van der Waals surface area (Å²) < 4.78 is 26.3. The highest BCUT2D eigenvalue weighted by molar-refractivity contribution is 7.89. The summed E-state index contributed by atoms with van der Waals surface area (Å²) in [4.78, 5) is 11.3.